The molecule has 1 atom stereocenters. The smallest absolute Gasteiger partial charge is 0.293 e. The summed E-state index contributed by atoms with van der Waals surface area (Å²) in [5, 5.41) is 11.3. The summed E-state index contributed by atoms with van der Waals surface area (Å²) in [6.07, 6.45) is 0. The van der Waals surface area contributed by atoms with E-state index in [1.165, 1.54) is 13.0 Å². The first kappa shape index (κ1) is 17.1. The zero-order valence-electron chi connectivity index (χ0n) is 13.3. The van der Waals surface area contributed by atoms with Crippen molar-refractivity contribution in [3.05, 3.63) is 33.9 Å². The van der Waals surface area contributed by atoms with E-state index in [1.54, 1.807) is 12.1 Å². The summed E-state index contributed by atoms with van der Waals surface area (Å²) >= 11 is 0. The van der Waals surface area contributed by atoms with Gasteiger partial charge in [-0.3, -0.25) is 14.9 Å². The second-order valence-electron chi connectivity index (χ2n) is 5.41. The van der Waals surface area contributed by atoms with E-state index in [2.05, 4.69) is 0 Å². The van der Waals surface area contributed by atoms with Gasteiger partial charge in [0.05, 0.1) is 4.92 Å². The summed E-state index contributed by atoms with van der Waals surface area (Å²) in [7, 11) is 3.94. The van der Waals surface area contributed by atoms with Crippen LogP contribution in [0.2, 0.25) is 0 Å². The van der Waals surface area contributed by atoms with Crippen molar-refractivity contribution in [2.24, 2.45) is 0 Å². The van der Waals surface area contributed by atoms with Crippen LogP contribution in [-0.4, -0.2) is 48.8 Å². The molecule has 0 aromatic heterocycles. The number of rotatable bonds is 7. The van der Waals surface area contributed by atoms with Crippen molar-refractivity contribution in [2.45, 2.75) is 26.8 Å². The number of carbonyl (C=O) groups is 1. The molecule has 0 aliphatic rings. The lowest BCUT2D eigenvalue weighted by molar-refractivity contribution is -0.384. The van der Waals surface area contributed by atoms with Crippen LogP contribution in [0.3, 0.4) is 0 Å². The molecule has 6 nitrogen and oxygen atoms in total. The Morgan fingerprint density at radius 2 is 2.00 bits per heavy atom. The summed E-state index contributed by atoms with van der Waals surface area (Å²) in [6, 6.07) is 4.81. The van der Waals surface area contributed by atoms with Crippen molar-refractivity contribution in [2.75, 3.05) is 32.1 Å². The molecule has 6 heteroatoms. The van der Waals surface area contributed by atoms with Crippen molar-refractivity contribution < 1.29 is 9.72 Å². The predicted molar refractivity (Wildman–Crippen MR) is 84.1 cm³/mol. The maximum Gasteiger partial charge on any atom is 0.293 e. The molecule has 1 unspecified atom stereocenters. The van der Waals surface area contributed by atoms with Crippen LogP contribution in [0.1, 0.15) is 31.1 Å². The minimum atomic E-state index is -0.424. The Bertz CT molecular complexity index is 529. The molecule has 21 heavy (non-hydrogen) atoms. The van der Waals surface area contributed by atoms with E-state index in [1.807, 2.05) is 37.7 Å². The number of nitro groups is 1. The molecule has 0 heterocycles. The van der Waals surface area contributed by atoms with Gasteiger partial charge in [0.25, 0.3) is 5.69 Å². The number of carbonyl (C=O) groups excluding carboxylic acids is 1. The molecule has 0 saturated carbocycles. The standard InChI is InChI=1S/C15H23N3O3/c1-6-17(11(2)10-16(4)5)14-8-7-13(12(3)19)9-15(14)18(20)21/h7-9,11H,6,10H2,1-5H3. The first-order valence-electron chi connectivity index (χ1n) is 6.98. The van der Waals surface area contributed by atoms with Crippen LogP contribution in [0.25, 0.3) is 0 Å². The molecule has 116 valence electrons. The van der Waals surface area contributed by atoms with Crippen LogP contribution in [0.5, 0.6) is 0 Å². The molecule has 0 aliphatic carbocycles. The minimum Gasteiger partial charge on any atom is -0.362 e. The van der Waals surface area contributed by atoms with Gasteiger partial charge >= 0.3 is 0 Å². The molecule has 1 aromatic rings. The average molecular weight is 293 g/mol. The summed E-state index contributed by atoms with van der Waals surface area (Å²) in [6.45, 7) is 6.86. The Hall–Kier alpha value is -1.95. The molecule has 1 rings (SSSR count). The zero-order chi connectivity index (χ0) is 16.2. The summed E-state index contributed by atoms with van der Waals surface area (Å²) in [4.78, 5) is 26.3. The number of likely N-dealkylation sites (N-methyl/N-ethyl adjacent to an activating group) is 2. The number of hydrogen-bond donors (Lipinski definition) is 0. The Labute approximate surface area is 125 Å². The third-order valence-electron chi connectivity index (χ3n) is 3.39. The maximum atomic E-state index is 11.4. The van der Waals surface area contributed by atoms with E-state index in [0.29, 0.717) is 17.8 Å². The Morgan fingerprint density at radius 1 is 1.38 bits per heavy atom. The molecule has 0 N–H and O–H groups in total. The van der Waals surface area contributed by atoms with Crippen molar-refractivity contribution >= 4 is 17.2 Å². The van der Waals surface area contributed by atoms with Crippen molar-refractivity contribution in [3.8, 4) is 0 Å². The van der Waals surface area contributed by atoms with Gasteiger partial charge in [-0.15, -0.1) is 0 Å². The second kappa shape index (κ2) is 7.17. The molecule has 0 bridgehead atoms. The Balaban J connectivity index is 3.25. The summed E-state index contributed by atoms with van der Waals surface area (Å²) in [5.74, 6) is -0.172. The summed E-state index contributed by atoms with van der Waals surface area (Å²) < 4.78 is 0. The number of nitro benzene ring substituents is 1. The number of hydrogen-bond acceptors (Lipinski definition) is 5. The number of Topliss-reactive ketones (excluding diaryl/α,β-unsaturated/α-hetero) is 1. The van der Waals surface area contributed by atoms with Gasteiger partial charge in [-0.1, -0.05) is 0 Å². The van der Waals surface area contributed by atoms with Crippen LogP contribution in [0.4, 0.5) is 11.4 Å². The average Bonchev–Trinajstić information content (AvgIpc) is 2.38. The van der Waals surface area contributed by atoms with Crippen LogP contribution < -0.4 is 4.90 Å². The lowest BCUT2D eigenvalue weighted by Crippen LogP contribution is -2.40. The Morgan fingerprint density at radius 3 is 2.43 bits per heavy atom. The lowest BCUT2D eigenvalue weighted by Gasteiger charge is -2.31. The van der Waals surface area contributed by atoms with E-state index < -0.39 is 4.92 Å². The van der Waals surface area contributed by atoms with E-state index in [4.69, 9.17) is 0 Å². The third-order valence-corrected chi connectivity index (χ3v) is 3.39. The van der Waals surface area contributed by atoms with Gasteiger partial charge in [0.1, 0.15) is 5.69 Å². The van der Waals surface area contributed by atoms with Gasteiger partial charge in [0.2, 0.25) is 0 Å². The maximum absolute atomic E-state index is 11.4. The quantitative estimate of drug-likeness (QED) is 0.439. The van der Waals surface area contributed by atoms with Gasteiger partial charge < -0.3 is 9.80 Å². The number of ketones is 1. The van der Waals surface area contributed by atoms with Gasteiger partial charge in [-0.05, 0) is 47.0 Å². The number of benzene rings is 1. The van der Waals surface area contributed by atoms with Crippen LogP contribution in [0.15, 0.2) is 18.2 Å². The molecule has 0 radical (unpaired) electrons. The van der Waals surface area contributed by atoms with E-state index in [-0.39, 0.29) is 17.5 Å². The molecule has 0 fully saturated rings. The van der Waals surface area contributed by atoms with Gasteiger partial charge in [0.15, 0.2) is 5.78 Å². The molecule has 0 aliphatic heterocycles. The van der Waals surface area contributed by atoms with E-state index >= 15 is 0 Å². The SMILES string of the molecule is CCN(c1ccc(C(C)=O)cc1[N+](=O)[O-])C(C)CN(C)C. The number of nitrogens with zero attached hydrogens (tertiary/aromatic N) is 3. The topological polar surface area (TPSA) is 66.7 Å². The first-order valence-corrected chi connectivity index (χ1v) is 6.98. The number of anilines is 1. The first-order chi connectivity index (χ1) is 9.77. The highest BCUT2D eigenvalue weighted by molar-refractivity contribution is 5.95. The van der Waals surface area contributed by atoms with Crippen LogP contribution in [0, 0.1) is 10.1 Å². The second-order valence-corrected chi connectivity index (χ2v) is 5.41. The van der Waals surface area contributed by atoms with Crippen molar-refractivity contribution in [1.82, 2.24) is 4.90 Å². The highest BCUT2D eigenvalue weighted by atomic mass is 16.6. The van der Waals surface area contributed by atoms with Gasteiger partial charge in [-0.2, -0.15) is 0 Å². The minimum absolute atomic E-state index is 0.0184. The molecule has 1 aromatic carbocycles. The van der Waals surface area contributed by atoms with Crippen LogP contribution >= 0.6 is 0 Å². The molecular weight excluding hydrogens is 270 g/mol. The lowest BCUT2D eigenvalue weighted by atomic mass is 10.1. The molecule has 0 spiro atoms. The fourth-order valence-corrected chi connectivity index (χ4v) is 2.48. The third kappa shape index (κ3) is 4.26. The molecule has 0 saturated heterocycles. The van der Waals surface area contributed by atoms with Crippen LogP contribution in [-0.2, 0) is 0 Å². The summed E-state index contributed by atoms with van der Waals surface area (Å²) in [5.41, 5.74) is 0.902. The van der Waals surface area contributed by atoms with E-state index in [9.17, 15) is 14.9 Å². The predicted octanol–water partition coefficient (Wildman–Crippen LogP) is 2.57. The van der Waals surface area contributed by atoms with Crippen molar-refractivity contribution in [1.29, 1.82) is 0 Å². The zero-order valence-corrected chi connectivity index (χ0v) is 13.3. The monoisotopic (exact) mass is 293 g/mol. The highest BCUT2D eigenvalue weighted by Crippen LogP contribution is 2.30. The largest absolute Gasteiger partial charge is 0.362 e. The Kier molecular flexibility index (Phi) is 5.84. The highest BCUT2D eigenvalue weighted by Gasteiger charge is 2.23. The van der Waals surface area contributed by atoms with Gasteiger partial charge in [0, 0.05) is 30.8 Å². The van der Waals surface area contributed by atoms with Crippen molar-refractivity contribution in [3.63, 3.8) is 0 Å². The fraction of sp³-hybridized carbons (Fsp3) is 0.533. The normalized spacial score (nSPS) is 12.3. The van der Waals surface area contributed by atoms with E-state index in [0.717, 1.165) is 6.54 Å². The molecule has 0 amide bonds. The van der Waals surface area contributed by atoms with Gasteiger partial charge in [-0.25, -0.2) is 0 Å². The molecular formula is C15H23N3O3. The fourth-order valence-electron chi connectivity index (χ4n) is 2.48.